The minimum absolute atomic E-state index is 0.0989. The number of halogens is 2. The molecule has 0 saturated heterocycles. The average molecular weight is 332 g/mol. The molecule has 0 aliphatic heterocycles. The Morgan fingerprint density at radius 3 is 2.29 bits per heavy atom. The van der Waals surface area contributed by atoms with Crippen LogP contribution in [0.4, 0.5) is 8.78 Å². The molecule has 1 aliphatic carbocycles. The zero-order valence-corrected chi connectivity index (χ0v) is 14.2. The molecule has 3 nitrogen and oxygen atoms in total. The van der Waals surface area contributed by atoms with Gasteiger partial charge in [0.15, 0.2) is 0 Å². The molecule has 0 radical (unpaired) electrons. The largest absolute Gasteiger partial charge is 0.272 e. The van der Waals surface area contributed by atoms with E-state index in [-0.39, 0.29) is 22.5 Å². The average Bonchev–Trinajstić information content (AvgIpc) is 2.51. The maximum absolute atomic E-state index is 14.3. The number of benzene rings is 1. The SMILES string of the molecule is Cc1n[nH]c(=O)c(-c2c(F)cccc2F)c1C1CCC(C)(C)CC1. The molecule has 0 atom stereocenters. The Kier molecular flexibility index (Phi) is 4.28. The Bertz CT molecular complexity index is 796. The predicted octanol–water partition coefficient (Wildman–Crippen LogP) is 4.71. The summed E-state index contributed by atoms with van der Waals surface area (Å²) in [7, 11) is 0. The Hall–Kier alpha value is -2.04. The Morgan fingerprint density at radius 2 is 1.71 bits per heavy atom. The molecule has 1 saturated carbocycles. The number of aromatic nitrogens is 2. The van der Waals surface area contributed by atoms with Gasteiger partial charge in [0.1, 0.15) is 11.6 Å². The van der Waals surface area contributed by atoms with Crippen molar-refractivity contribution in [3.63, 3.8) is 0 Å². The highest BCUT2D eigenvalue weighted by Crippen LogP contribution is 2.45. The molecule has 0 amide bonds. The van der Waals surface area contributed by atoms with Crippen LogP contribution in [0.15, 0.2) is 23.0 Å². The molecule has 1 aliphatic rings. The summed E-state index contributed by atoms with van der Waals surface area (Å²) in [6.45, 7) is 6.24. The Balaban J connectivity index is 2.18. The predicted molar refractivity (Wildman–Crippen MR) is 89.9 cm³/mol. The summed E-state index contributed by atoms with van der Waals surface area (Å²) in [6.07, 6.45) is 3.82. The molecule has 1 heterocycles. The van der Waals surface area contributed by atoms with Crippen LogP contribution in [0.3, 0.4) is 0 Å². The quantitative estimate of drug-likeness (QED) is 0.866. The summed E-state index contributed by atoms with van der Waals surface area (Å²) in [4.78, 5) is 12.4. The van der Waals surface area contributed by atoms with E-state index in [4.69, 9.17) is 0 Å². The van der Waals surface area contributed by atoms with Gasteiger partial charge >= 0.3 is 0 Å². The monoisotopic (exact) mass is 332 g/mol. The third-order valence-electron chi connectivity index (χ3n) is 5.17. The second-order valence-electron chi connectivity index (χ2n) is 7.46. The van der Waals surface area contributed by atoms with E-state index in [0.29, 0.717) is 11.3 Å². The summed E-state index contributed by atoms with van der Waals surface area (Å²) in [6, 6.07) is 3.67. The number of aryl methyl sites for hydroxylation is 1. The van der Waals surface area contributed by atoms with Gasteiger partial charge in [-0.3, -0.25) is 4.79 Å². The number of nitrogens with zero attached hydrogens (tertiary/aromatic N) is 1. The van der Waals surface area contributed by atoms with Crippen LogP contribution < -0.4 is 5.56 Å². The lowest BCUT2D eigenvalue weighted by Crippen LogP contribution is -2.24. The molecule has 5 heteroatoms. The van der Waals surface area contributed by atoms with Gasteiger partial charge < -0.3 is 0 Å². The molecule has 128 valence electrons. The highest BCUT2D eigenvalue weighted by atomic mass is 19.1. The topological polar surface area (TPSA) is 45.8 Å². The van der Waals surface area contributed by atoms with Gasteiger partial charge in [-0.1, -0.05) is 19.9 Å². The first-order valence-electron chi connectivity index (χ1n) is 8.34. The van der Waals surface area contributed by atoms with Crippen molar-refractivity contribution in [1.29, 1.82) is 0 Å². The highest BCUT2D eigenvalue weighted by molar-refractivity contribution is 5.69. The number of nitrogens with one attached hydrogen (secondary N) is 1. The van der Waals surface area contributed by atoms with E-state index in [1.165, 1.54) is 18.2 Å². The van der Waals surface area contributed by atoms with Gasteiger partial charge in [-0.2, -0.15) is 5.10 Å². The van der Waals surface area contributed by atoms with E-state index in [1.54, 1.807) is 6.92 Å². The van der Waals surface area contributed by atoms with Gasteiger partial charge in [-0.05, 0) is 61.6 Å². The molecular weight excluding hydrogens is 310 g/mol. The summed E-state index contributed by atoms with van der Waals surface area (Å²) in [5.74, 6) is -1.34. The molecule has 1 fully saturated rings. The lowest BCUT2D eigenvalue weighted by atomic mass is 9.70. The van der Waals surface area contributed by atoms with Crippen LogP contribution in [0.25, 0.3) is 11.1 Å². The van der Waals surface area contributed by atoms with Crippen molar-refractivity contribution in [2.45, 2.75) is 52.4 Å². The van der Waals surface area contributed by atoms with Gasteiger partial charge in [0.2, 0.25) is 0 Å². The minimum Gasteiger partial charge on any atom is -0.267 e. The van der Waals surface area contributed by atoms with Crippen LogP contribution in [0.5, 0.6) is 0 Å². The fraction of sp³-hybridized carbons (Fsp3) is 0.474. The van der Waals surface area contributed by atoms with Gasteiger partial charge in [-0.25, -0.2) is 13.9 Å². The number of rotatable bonds is 2. The van der Waals surface area contributed by atoms with Gasteiger partial charge in [0, 0.05) is 0 Å². The molecule has 24 heavy (non-hydrogen) atoms. The zero-order valence-electron chi connectivity index (χ0n) is 14.2. The standard InChI is InChI=1S/C19H22F2N2O/c1-11-15(12-7-9-19(2,3)10-8-12)17(18(24)23-22-11)16-13(20)5-4-6-14(16)21/h4-6,12H,7-10H2,1-3H3,(H,23,24). The van der Waals surface area contributed by atoms with Crippen LogP contribution in [-0.2, 0) is 0 Å². The van der Waals surface area contributed by atoms with Crippen molar-refractivity contribution in [2.24, 2.45) is 5.41 Å². The number of hydrogen-bond acceptors (Lipinski definition) is 2. The lowest BCUT2D eigenvalue weighted by Gasteiger charge is -2.35. The third kappa shape index (κ3) is 2.99. The van der Waals surface area contributed by atoms with Crippen LogP contribution in [0.1, 0.15) is 56.7 Å². The van der Waals surface area contributed by atoms with Crippen molar-refractivity contribution in [3.05, 3.63) is 51.4 Å². The van der Waals surface area contributed by atoms with Gasteiger partial charge in [0.05, 0.1) is 16.8 Å². The molecular formula is C19H22F2N2O. The first kappa shape index (κ1) is 16.8. The number of H-pyrrole nitrogens is 1. The van der Waals surface area contributed by atoms with Crippen molar-refractivity contribution in [2.75, 3.05) is 0 Å². The highest BCUT2D eigenvalue weighted by Gasteiger charge is 2.32. The Labute approximate surface area is 140 Å². The molecule has 1 aromatic heterocycles. The first-order chi connectivity index (χ1) is 11.3. The van der Waals surface area contributed by atoms with Crippen LogP contribution in [0.2, 0.25) is 0 Å². The van der Waals surface area contributed by atoms with E-state index < -0.39 is 17.2 Å². The van der Waals surface area contributed by atoms with E-state index in [0.717, 1.165) is 25.7 Å². The molecule has 1 aromatic carbocycles. The van der Waals surface area contributed by atoms with E-state index in [1.807, 2.05) is 0 Å². The van der Waals surface area contributed by atoms with Crippen LogP contribution >= 0.6 is 0 Å². The lowest BCUT2D eigenvalue weighted by molar-refractivity contribution is 0.224. The van der Waals surface area contributed by atoms with Gasteiger partial charge in [-0.15, -0.1) is 0 Å². The van der Waals surface area contributed by atoms with Crippen molar-refractivity contribution >= 4 is 0 Å². The van der Waals surface area contributed by atoms with Crippen LogP contribution in [0, 0.1) is 24.0 Å². The zero-order chi connectivity index (χ0) is 17.5. The molecule has 0 spiro atoms. The molecule has 1 N–H and O–H groups in total. The van der Waals surface area contributed by atoms with E-state index in [9.17, 15) is 13.6 Å². The maximum atomic E-state index is 14.3. The van der Waals surface area contributed by atoms with E-state index in [2.05, 4.69) is 24.0 Å². The number of hydrogen-bond donors (Lipinski definition) is 1. The fourth-order valence-corrected chi connectivity index (χ4v) is 3.73. The number of aromatic amines is 1. The minimum atomic E-state index is -0.719. The molecule has 3 rings (SSSR count). The molecule has 2 aromatic rings. The van der Waals surface area contributed by atoms with E-state index >= 15 is 0 Å². The Morgan fingerprint density at radius 1 is 1.12 bits per heavy atom. The summed E-state index contributed by atoms with van der Waals surface area (Å²) in [5.41, 5.74) is 0.911. The van der Waals surface area contributed by atoms with Gasteiger partial charge in [0.25, 0.3) is 5.56 Å². The van der Waals surface area contributed by atoms with Crippen molar-refractivity contribution in [1.82, 2.24) is 10.2 Å². The second-order valence-corrected chi connectivity index (χ2v) is 7.46. The normalized spacial score (nSPS) is 17.9. The van der Waals surface area contributed by atoms with Crippen molar-refractivity contribution in [3.8, 4) is 11.1 Å². The van der Waals surface area contributed by atoms with Crippen LogP contribution in [-0.4, -0.2) is 10.2 Å². The maximum Gasteiger partial charge on any atom is 0.272 e. The third-order valence-corrected chi connectivity index (χ3v) is 5.17. The summed E-state index contributed by atoms with van der Waals surface area (Å²) >= 11 is 0. The second kappa shape index (κ2) is 6.11. The molecule has 0 bridgehead atoms. The summed E-state index contributed by atoms with van der Waals surface area (Å²) in [5, 5.41) is 6.43. The first-order valence-corrected chi connectivity index (χ1v) is 8.34. The smallest absolute Gasteiger partial charge is 0.267 e. The molecule has 0 unspecified atom stereocenters. The fourth-order valence-electron chi connectivity index (χ4n) is 3.73. The van der Waals surface area contributed by atoms with Crippen molar-refractivity contribution < 1.29 is 8.78 Å². The summed E-state index contributed by atoms with van der Waals surface area (Å²) < 4.78 is 28.6.